The van der Waals surface area contributed by atoms with Crippen molar-refractivity contribution in [3.05, 3.63) is 12.2 Å². The standard InChI is InChI=1S/C14H24N2O4/c1-14(2,3)20-13(18)16-10-8-15(9-11-16)7-5-6-12(17)19-4/h5-6H,7-11H2,1-4H3/b6-5+. The van der Waals surface area contributed by atoms with Gasteiger partial charge in [-0.05, 0) is 20.8 Å². The third-order valence-electron chi connectivity index (χ3n) is 2.84. The van der Waals surface area contributed by atoms with E-state index in [4.69, 9.17) is 4.74 Å². The maximum atomic E-state index is 11.9. The summed E-state index contributed by atoms with van der Waals surface area (Å²) in [5.74, 6) is -0.350. The fourth-order valence-electron chi connectivity index (χ4n) is 1.81. The SMILES string of the molecule is COC(=O)/C=C/CN1CCN(C(=O)OC(C)(C)C)CC1. The van der Waals surface area contributed by atoms with Gasteiger partial charge in [-0.25, -0.2) is 9.59 Å². The van der Waals surface area contributed by atoms with Crippen molar-refractivity contribution in [1.82, 2.24) is 9.80 Å². The van der Waals surface area contributed by atoms with Gasteiger partial charge in [0, 0.05) is 38.8 Å². The molecule has 1 heterocycles. The van der Waals surface area contributed by atoms with Gasteiger partial charge < -0.3 is 14.4 Å². The van der Waals surface area contributed by atoms with E-state index >= 15 is 0 Å². The minimum Gasteiger partial charge on any atom is -0.466 e. The van der Waals surface area contributed by atoms with E-state index in [1.807, 2.05) is 20.8 Å². The molecule has 114 valence electrons. The highest BCUT2D eigenvalue weighted by molar-refractivity contribution is 5.81. The zero-order valence-electron chi connectivity index (χ0n) is 12.7. The summed E-state index contributed by atoms with van der Waals surface area (Å²) < 4.78 is 9.85. The van der Waals surface area contributed by atoms with Crippen LogP contribution in [0.4, 0.5) is 4.79 Å². The van der Waals surface area contributed by atoms with Crippen LogP contribution in [-0.2, 0) is 14.3 Å². The summed E-state index contributed by atoms with van der Waals surface area (Å²) in [5, 5.41) is 0. The van der Waals surface area contributed by atoms with Crippen molar-refractivity contribution in [3.63, 3.8) is 0 Å². The third kappa shape index (κ3) is 6.06. The summed E-state index contributed by atoms with van der Waals surface area (Å²) in [6.07, 6.45) is 2.93. The second kappa shape index (κ2) is 7.28. The summed E-state index contributed by atoms with van der Waals surface area (Å²) in [7, 11) is 1.35. The molecule has 0 radical (unpaired) electrons. The molecule has 0 aromatic carbocycles. The first kappa shape index (κ1) is 16.5. The van der Waals surface area contributed by atoms with Gasteiger partial charge in [-0.1, -0.05) is 6.08 Å². The monoisotopic (exact) mass is 284 g/mol. The van der Waals surface area contributed by atoms with Crippen LogP contribution in [0.5, 0.6) is 0 Å². The Morgan fingerprint density at radius 3 is 2.25 bits per heavy atom. The summed E-state index contributed by atoms with van der Waals surface area (Å²) in [6.45, 7) is 9.07. The number of carbonyl (C=O) groups excluding carboxylic acids is 2. The lowest BCUT2D eigenvalue weighted by Gasteiger charge is -2.35. The Hall–Kier alpha value is -1.56. The molecule has 1 amide bonds. The summed E-state index contributed by atoms with van der Waals surface area (Å²) in [5.41, 5.74) is -0.461. The van der Waals surface area contributed by atoms with Crippen molar-refractivity contribution in [1.29, 1.82) is 0 Å². The molecule has 0 aromatic rings. The average Bonchev–Trinajstić information content (AvgIpc) is 2.37. The minimum absolute atomic E-state index is 0.262. The first-order valence-electron chi connectivity index (χ1n) is 6.76. The van der Waals surface area contributed by atoms with Crippen molar-refractivity contribution in [2.24, 2.45) is 0 Å². The first-order valence-corrected chi connectivity index (χ1v) is 6.76. The molecule has 6 nitrogen and oxygen atoms in total. The molecule has 0 aliphatic carbocycles. The topological polar surface area (TPSA) is 59.1 Å². The van der Waals surface area contributed by atoms with Crippen LogP contribution in [0.3, 0.4) is 0 Å². The Morgan fingerprint density at radius 1 is 1.15 bits per heavy atom. The number of rotatable bonds is 3. The van der Waals surface area contributed by atoms with E-state index in [-0.39, 0.29) is 12.1 Å². The highest BCUT2D eigenvalue weighted by Crippen LogP contribution is 2.11. The van der Waals surface area contributed by atoms with Crippen LogP contribution in [0.2, 0.25) is 0 Å². The molecular weight excluding hydrogens is 260 g/mol. The van der Waals surface area contributed by atoms with E-state index in [2.05, 4.69) is 9.64 Å². The van der Waals surface area contributed by atoms with E-state index in [9.17, 15) is 9.59 Å². The van der Waals surface area contributed by atoms with Crippen molar-refractivity contribution in [2.75, 3.05) is 39.8 Å². The molecule has 0 N–H and O–H groups in total. The van der Waals surface area contributed by atoms with Crippen molar-refractivity contribution < 1.29 is 19.1 Å². The molecule has 20 heavy (non-hydrogen) atoms. The highest BCUT2D eigenvalue weighted by atomic mass is 16.6. The largest absolute Gasteiger partial charge is 0.466 e. The number of methoxy groups -OCH3 is 1. The lowest BCUT2D eigenvalue weighted by molar-refractivity contribution is -0.134. The third-order valence-corrected chi connectivity index (χ3v) is 2.84. The average molecular weight is 284 g/mol. The predicted molar refractivity (Wildman–Crippen MR) is 75.4 cm³/mol. The molecular formula is C14H24N2O4. The smallest absolute Gasteiger partial charge is 0.410 e. The Kier molecular flexibility index (Phi) is 6.01. The van der Waals surface area contributed by atoms with Crippen LogP contribution < -0.4 is 0 Å². The van der Waals surface area contributed by atoms with Gasteiger partial charge >= 0.3 is 12.1 Å². The Morgan fingerprint density at radius 2 is 1.75 bits per heavy atom. The number of hydrogen-bond donors (Lipinski definition) is 0. The number of ether oxygens (including phenoxy) is 2. The fraction of sp³-hybridized carbons (Fsp3) is 0.714. The molecule has 1 fully saturated rings. The molecule has 0 atom stereocenters. The van der Waals surface area contributed by atoms with Crippen molar-refractivity contribution in [3.8, 4) is 0 Å². The molecule has 6 heteroatoms. The van der Waals surface area contributed by atoms with Crippen LogP contribution in [0.1, 0.15) is 20.8 Å². The summed E-state index contributed by atoms with van der Waals surface area (Å²) in [6, 6.07) is 0. The Bertz CT molecular complexity index is 366. The number of amides is 1. The molecule has 0 saturated carbocycles. The van der Waals surface area contributed by atoms with Gasteiger partial charge in [-0.3, -0.25) is 4.90 Å². The zero-order chi connectivity index (χ0) is 15.2. The first-order chi connectivity index (χ1) is 9.31. The molecule has 1 aliphatic rings. The van der Waals surface area contributed by atoms with Crippen LogP contribution in [0.15, 0.2) is 12.2 Å². The molecule has 0 bridgehead atoms. The number of esters is 1. The van der Waals surface area contributed by atoms with E-state index in [0.717, 1.165) is 13.1 Å². The van der Waals surface area contributed by atoms with Gasteiger partial charge in [0.15, 0.2) is 0 Å². The number of nitrogens with zero attached hydrogens (tertiary/aromatic N) is 2. The Balaban J connectivity index is 2.31. The molecule has 0 aromatic heterocycles. The van der Waals surface area contributed by atoms with E-state index in [1.165, 1.54) is 13.2 Å². The molecule has 1 saturated heterocycles. The van der Waals surface area contributed by atoms with E-state index in [1.54, 1.807) is 11.0 Å². The van der Waals surface area contributed by atoms with Gasteiger partial charge in [-0.2, -0.15) is 0 Å². The number of piperazine rings is 1. The van der Waals surface area contributed by atoms with Crippen LogP contribution in [0, 0.1) is 0 Å². The minimum atomic E-state index is -0.461. The summed E-state index contributed by atoms with van der Waals surface area (Å²) in [4.78, 5) is 26.7. The van der Waals surface area contributed by atoms with Crippen LogP contribution in [0.25, 0.3) is 0 Å². The normalized spacial score (nSPS) is 17.3. The van der Waals surface area contributed by atoms with Gasteiger partial charge in [-0.15, -0.1) is 0 Å². The van der Waals surface area contributed by atoms with Gasteiger partial charge in [0.1, 0.15) is 5.60 Å². The molecule has 0 spiro atoms. The van der Waals surface area contributed by atoms with Crippen LogP contribution >= 0.6 is 0 Å². The van der Waals surface area contributed by atoms with E-state index < -0.39 is 5.60 Å². The highest BCUT2D eigenvalue weighted by Gasteiger charge is 2.25. The van der Waals surface area contributed by atoms with E-state index in [0.29, 0.717) is 19.6 Å². The quantitative estimate of drug-likeness (QED) is 0.577. The second-order valence-corrected chi connectivity index (χ2v) is 5.69. The molecule has 0 unspecified atom stereocenters. The fourth-order valence-corrected chi connectivity index (χ4v) is 1.81. The predicted octanol–water partition coefficient (Wildman–Crippen LogP) is 1.27. The van der Waals surface area contributed by atoms with Crippen molar-refractivity contribution >= 4 is 12.1 Å². The van der Waals surface area contributed by atoms with Gasteiger partial charge in [0.2, 0.25) is 0 Å². The van der Waals surface area contributed by atoms with Crippen molar-refractivity contribution in [2.45, 2.75) is 26.4 Å². The number of hydrogen-bond acceptors (Lipinski definition) is 5. The molecule has 1 rings (SSSR count). The Labute approximate surface area is 120 Å². The second-order valence-electron chi connectivity index (χ2n) is 5.69. The molecule has 1 aliphatic heterocycles. The van der Waals surface area contributed by atoms with Gasteiger partial charge in [0.25, 0.3) is 0 Å². The lowest BCUT2D eigenvalue weighted by atomic mass is 10.2. The maximum absolute atomic E-state index is 11.9. The van der Waals surface area contributed by atoms with Gasteiger partial charge in [0.05, 0.1) is 7.11 Å². The number of carbonyl (C=O) groups is 2. The lowest BCUT2D eigenvalue weighted by Crippen LogP contribution is -2.49. The maximum Gasteiger partial charge on any atom is 0.410 e. The zero-order valence-corrected chi connectivity index (χ0v) is 12.7. The summed E-state index contributed by atoms with van der Waals surface area (Å²) >= 11 is 0. The van der Waals surface area contributed by atoms with Crippen LogP contribution in [-0.4, -0.2) is 67.3 Å².